The van der Waals surface area contributed by atoms with Gasteiger partial charge in [0.15, 0.2) is 0 Å². The molecule has 31 heavy (non-hydrogen) atoms. The van der Waals surface area contributed by atoms with Gasteiger partial charge in [-0.25, -0.2) is 0 Å². The average molecular weight is 424 g/mol. The molecule has 0 radical (unpaired) electrons. The molecule has 0 aliphatic carbocycles. The van der Waals surface area contributed by atoms with Gasteiger partial charge in [0, 0.05) is 31.6 Å². The van der Waals surface area contributed by atoms with Crippen LogP contribution in [-0.4, -0.2) is 53.5 Å². The van der Waals surface area contributed by atoms with Gasteiger partial charge >= 0.3 is 0 Å². The molecular weight excluding hydrogens is 396 g/mol. The molecule has 1 aromatic heterocycles. The van der Waals surface area contributed by atoms with Crippen LogP contribution in [0.2, 0.25) is 0 Å². The normalized spacial score (nSPS) is 17.9. The van der Waals surface area contributed by atoms with Crippen LogP contribution in [0, 0.1) is 0 Å². The number of amides is 1. The SMILES string of the molecule is CCCCCOc1ccc(C2C(=C(O)c3ccncc3)C(=O)C(=O)N2CCOC)cc1. The summed E-state index contributed by atoms with van der Waals surface area (Å²) in [7, 11) is 1.53. The van der Waals surface area contributed by atoms with E-state index < -0.39 is 17.7 Å². The van der Waals surface area contributed by atoms with E-state index in [4.69, 9.17) is 9.47 Å². The lowest BCUT2D eigenvalue weighted by atomic mass is 9.95. The number of carbonyl (C=O) groups is 2. The van der Waals surface area contributed by atoms with Crippen LogP contribution in [0.25, 0.3) is 5.76 Å². The van der Waals surface area contributed by atoms with E-state index in [0.717, 1.165) is 25.0 Å². The first-order valence-corrected chi connectivity index (χ1v) is 10.5. The molecule has 0 spiro atoms. The molecule has 1 fully saturated rings. The quantitative estimate of drug-likeness (QED) is 0.271. The van der Waals surface area contributed by atoms with Crippen LogP contribution in [0.5, 0.6) is 5.75 Å². The number of aromatic nitrogens is 1. The fraction of sp³-hybridized carbons (Fsp3) is 0.375. The molecule has 1 atom stereocenters. The molecule has 1 aliphatic rings. The molecule has 1 saturated heterocycles. The number of aliphatic hydroxyl groups excluding tert-OH is 1. The third-order valence-corrected chi connectivity index (χ3v) is 5.24. The van der Waals surface area contributed by atoms with Gasteiger partial charge in [-0.15, -0.1) is 0 Å². The predicted molar refractivity (Wildman–Crippen MR) is 117 cm³/mol. The van der Waals surface area contributed by atoms with Gasteiger partial charge in [-0.3, -0.25) is 14.6 Å². The number of likely N-dealkylation sites (tertiary alicyclic amines) is 1. The van der Waals surface area contributed by atoms with Crippen molar-refractivity contribution < 1.29 is 24.2 Å². The summed E-state index contributed by atoms with van der Waals surface area (Å²) >= 11 is 0. The van der Waals surface area contributed by atoms with Crippen molar-refractivity contribution in [2.45, 2.75) is 32.2 Å². The van der Waals surface area contributed by atoms with Crippen LogP contribution >= 0.6 is 0 Å². The molecule has 1 amide bonds. The van der Waals surface area contributed by atoms with E-state index >= 15 is 0 Å². The van der Waals surface area contributed by atoms with Gasteiger partial charge in [-0.1, -0.05) is 31.9 Å². The van der Waals surface area contributed by atoms with E-state index in [9.17, 15) is 14.7 Å². The fourth-order valence-corrected chi connectivity index (χ4v) is 3.60. The Labute approximate surface area is 182 Å². The van der Waals surface area contributed by atoms with Crippen LogP contribution < -0.4 is 4.74 Å². The first-order chi connectivity index (χ1) is 15.1. The second-order valence-electron chi connectivity index (χ2n) is 7.35. The molecule has 0 saturated carbocycles. The maximum atomic E-state index is 12.9. The second-order valence-corrected chi connectivity index (χ2v) is 7.35. The number of Topliss-reactive ketones (excluding diaryl/α,β-unsaturated/α-hetero) is 1. The lowest BCUT2D eigenvalue weighted by Crippen LogP contribution is -2.32. The van der Waals surface area contributed by atoms with Crippen molar-refractivity contribution in [1.82, 2.24) is 9.88 Å². The number of methoxy groups -OCH3 is 1. The smallest absolute Gasteiger partial charge is 0.295 e. The summed E-state index contributed by atoms with van der Waals surface area (Å²) in [6.45, 7) is 3.29. The van der Waals surface area contributed by atoms with E-state index in [0.29, 0.717) is 17.7 Å². The molecule has 1 N–H and O–H groups in total. The Bertz CT molecular complexity index is 925. The zero-order valence-corrected chi connectivity index (χ0v) is 17.9. The number of rotatable bonds is 10. The highest BCUT2D eigenvalue weighted by molar-refractivity contribution is 6.46. The number of hydrogen-bond donors (Lipinski definition) is 1. The molecule has 2 heterocycles. The van der Waals surface area contributed by atoms with Crippen LogP contribution in [0.15, 0.2) is 54.4 Å². The first-order valence-electron chi connectivity index (χ1n) is 10.5. The third-order valence-electron chi connectivity index (χ3n) is 5.24. The van der Waals surface area contributed by atoms with Gasteiger partial charge in [0.05, 0.1) is 24.8 Å². The minimum Gasteiger partial charge on any atom is -0.507 e. The number of pyridine rings is 1. The average Bonchev–Trinajstić information content (AvgIpc) is 3.05. The Morgan fingerprint density at radius 2 is 1.77 bits per heavy atom. The van der Waals surface area contributed by atoms with Gasteiger partial charge in [0.2, 0.25) is 0 Å². The number of benzene rings is 1. The molecule has 164 valence electrons. The lowest BCUT2D eigenvalue weighted by Gasteiger charge is -2.25. The van der Waals surface area contributed by atoms with Crippen molar-refractivity contribution >= 4 is 17.4 Å². The number of ether oxygens (including phenoxy) is 2. The van der Waals surface area contributed by atoms with Crippen molar-refractivity contribution in [3.05, 3.63) is 65.5 Å². The van der Waals surface area contributed by atoms with Gasteiger partial charge < -0.3 is 19.5 Å². The van der Waals surface area contributed by atoms with Gasteiger partial charge in [0.1, 0.15) is 11.5 Å². The van der Waals surface area contributed by atoms with E-state index in [1.807, 2.05) is 24.3 Å². The monoisotopic (exact) mass is 424 g/mol. The first kappa shape index (κ1) is 22.5. The molecule has 0 bridgehead atoms. The number of hydrogen-bond acceptors (Lipinski definition) is 6. The highest BCUT2D eigenvalue weighted by atomic mass is 16.5. The molecule has 7 nitrogen and oxygen atoms in total. The van der Waals surface area contributed by atoms with E-state index in [1.54, 1.807) is 12.1 Å². The highest BCUT2D eigenvalue weighted by Gasteiger charge is 2.45. The molecule has 1 unspecified atom stereocenters. The third kappa shape index (κ3) is 5.11. The van der Waals surface area contributed by atoms with Crippen LogP contribution in [-0.2, 0) is 14.3 Å². The van der Waals surface area contributed by atoms with Crippen molar-refractivity contribution in [1.29, 1.82) is 0 Å². The summed E-state index contributed by atoms with van der Waals surface area (Å²) in [5.41, 5.74) is 1.20. The number of unbranched alkanes of at least 4 members (excludes halogenated alkanes) is 2. The minimum absolute atomic E-state index is 0.0592. The standard InChI is InChI=1S/C24H28N2O5/c1-3-4-5-15-31-19-8-6-17(7-9-19)21-20(22(27)18-10-12-25-13-11-18)23(28)24(29)26(21)14-16-30-2/h6-13,21,27H,3-5,14-16H2,1-2H3. The molecular formula is C24H28N2O5. The Morgan fingerprint density at radius 1 is 1.06 bits per heavy atom. The number of ketones is 1. The Balaban J connectivity index is 1.95. The van der Waals surface area contributed by atoms with Crippen molar-refractivity contribution in [3.8, 4) is 5.75 Å². The van der Waals surface area contributed by atoms with E-state index in [1.165, 1.54) is 24.4 Å². The topological polar surface area (TPSA) is 89.0 Å². The van der Waals surface area contributed by atoms with Crippen LogP contribution in [0.4, 0.5) is 0 Å². The van der Waals surface area contributed by atoms with Crippen LogP contribution in [0.3, 0.4) is 0 Å². The maximum absolute atomic E-state index is 12.9. The van der Waals surface area contributed by atoms with Crippen molar-refractivity contribution in [2.24, 2.45) is 0 Å². The second kappa shape index (κ2) is 10.7. The number of carbonyl (C=O) groups excluding carboxylic acids is 2. The summed E-state index contributed by atoms with van der Waals surface area (Å²) in [6, 6.07) is 9.78. The zero-order valence-electron chi connectivity index (χ0n) is 17.9. The van der Waals surface area contributed by atoms with Gasteiger partial charge in [-0.2, -0.15) is 0 Å². The Morgan fingerprint density at radius 3 is 2.42 bits per heavy atom. The molecule has 7 heteroatoms. The van der Waals surface area contributed by atoms with Crippen LogP contribution in [0.1, 0.15) is 43.4 Å². The largest absolute Gasteiger partial charge is 0.507 e. The summed E-state index contributed by atoms with van der Waals surface area (Å²) in [4.78, 5) is 31.0. The molecule has 3 rings (SSSR count). The summed E-state index contributed by atoms with van der Waals surface area (Å²) in [5.74, 6) is -0.860. The Kier molecular flexibility index (Phi) is 7.78. The van der Waals surface area contributed by atoms with Crippen molar-refractivity contribution in [3.63, 3.8) is 0 Å². The molecule has 1 aliphatic heterocycles. The van der Waals surface area contributed by atoms with E-state index in [-0.39, 0.29) is 24.5 Å². The lowest BCUT2D eigenvalue weighted by molar-refractivity contribution is -0.140. The summed E-state index contributed by atoms with van der Waals surface area (Å²) < 4.78 is 10.9. The zero-order chi connectivity index (χ0) is 22.2. The minimum atomic E-state index is -0.713. The molecule has 2 aromatic rings. The summed E-state index contributed by atoms with van der Waals surface area (Å²) in [5, 5.41) is 10.9. The maximum Gasteiger partial charge on any atom is 0.295 e. The molecule has 1 aromatic carbocycles. The number of aliphatic hydroxyl groups is 1. The Hall–Kier alpha value is -3.19. The fourth-order valence-electron chi connectivity index (χ4n) is 3.60. The van der Waals surface area contributed by atoms with Crippen molar-refractivity contribution in [2.75, 3.05) is 26.9 Å². The van der Waals surface area contributed by atoms with E-state index in [2.05, 4.69) is 11.9 Å². The summed E-state index contributed by atoms with van der Waals surface area (Å²) in [6.07, 6.45) is 6.27. The number of nitrogens with zero attached hydrogens (tertiary/aromatic N) is 2. The predicted octanol–water partition coefficient (Wildman–Crippen LogP) is 3.72. The van der Waals surface area contributed by atoms with Gasteiger partial charge in [0.25, 0.3) is 11.7 Å². The van der Waals surface area contributed by atoms with Gasteiger partial charge in [-0.05, 0) is 36.2 Å². The highest BCUT2D eigenvalue weighted by Crippen LogP contribution is 2.39.